The highest BCUT2D eigenvalue weighted by Gasteiger charge is 2.25. The van der Waals surface area contributed by atoms with Crippen molar-refractivity contribution in [1.29, 1.82) is 5.41 Å². The number of hydrogen-bond acceptors (Lipinski definition) is 5. The molecule has 0 saturated carbocycles. The first-order valence-corrected chi connectivity index (χ1v) is 9.90. The van der Waals surface area contributed by atoms with Crippen LogP contribution in [0.5, 0.6) is 5.75 Å². The van der Waals surface area contributed by atoms with Crippen LogP contribution in [0.2, 0.25) is 0 Å². The lowest BCUT2D eigenvalue weighted by atomic mass is 9.96. The first kappa shape index (κ1) is 20.9. The number of pyridine rings is 1. The number of aromatic amines is 1. The van der Waals surface area contributed by atoms with Crippen molar-refractivity contribution < 1.29 is 14.3 Å². The Bertz CT molecular complexity index is 1220. The first-order valence-electron chi connectivity index (χ1n) is 9.90. The van der Waals surface area contributed by atoms with E-state index in [0.717, 1.165) is 5.56 Å². The quantitative estimate of drug-likeness (QED) is 0.329. The van der Waals surface area contributed by atoms with E-state index in [1.54, 1.807) is 24.4 Å². The fraction of sp³-hybridized carbons (Fsp3) is 0.0833. The molecule has 0 fully saturated rings. The number of rotatable bonds is 7. The lowest BCUT2D eigenvalue weighted by Gasteiger charge is -2.21. The highest BCUT2D eigenvalue weighted by molar-refractivity contribution is 5.99. The zero-order valence-electron chi connectivity index (χ0n) is 16.9. The number of H-pyrrole nitrogens is 1. The second-order valence-corrected chi connectivity index (χ2v) is 7.16. The topological polar surface area (TPSA) is 115 Å². The predicted molar refractivity (Wildman–Crippen MR) is 118 cm³/mol. The Balaban J connectivity index is 1.61. The van der Waals surface area contributed by atoms with Crippen LogP contribution in [0.3, 0.4) is 0 Å². The lowest BCUT2D eigenvalue weighted by molar-refractivity contribution is 0.0932. The van der Waals surface area contributed by atoms with Gasteiger partial charge in [-0.15, -0.1) is 0 Å². The molecule has 1 unspecified atom stereocenters. The van der Waals surface area contributed by atoms with Crippen LogP contribution in [0.1, 0.15) is 34.1 Å². The Morgan fingerprint density at radius 3 is 2.66 bits per heavy atom. The Hall–Kier alpha value is -4.33. The van der Waals surface area contributed by atoms with Gasteiger partial charge in [-0.3, -0.25) is 14.9 Å². The van der Waals surface area contributed by atoms with Gasteiger partial charge in [0.2, 0.25) is 0 Å². The number of amides is 1. The summed E-state index contributed by atoms with van der Waals surface area (Å²) in [7, 11) is 0. The van der Waals surface area contributed by atoms with Crippen LogP contribution in [-0.2, 0) is 0 Å². The van der Waals surface area contributed by atoms with Gasteiger partial charge in [-0.05, 0) is 24.3 Å². The molecule has 0 aliphatic carbocycles. The number of nitrogens with zero attached hydrogens (tertiary/aromatic N) is 2. The minimum absolute atomic E-state index is 0.0500. The van der Waals surface area contributed by atoms with Crippen molar-refractivity contribution in [3.8, 4) is 17.0 Å². The van der Waals surface area contributed by atoms with Crippen LogP contribution in [-0.4, -0.2) is 31.9 Å². The molecule has 4 N–H and O–H groups in total. The molecule has 1 amide bonds. The Kier molecular flexibility index (Phi) is 6.03. The van der Waals surface area contributed by atoms with Crippen molar-refractivity contribution in [1.82, 2.24) is 20.5 Å². The number of phenols is 1. The fourth-order valence-electron chi connectivity index (χ4n) is 3.39. The van der Waals surface area contributed by atoms with Crippen LogP contribution in [0, 0.1) is 11.2 Å². The third-order valence-electron chi connectivity index (χ3n) is 4.99. The van der Waals surface area contributed by atoms with Gasteiger partial charge in [0.15, 0.2) is 0 Å². The number of carbonyl (C=O) groups is 1. The molecule has 0 aliphatic heterocycles. The van der Waals surface area contributed by atoms with Gasteiger partial charge in [0, 0.05) is 35.7 Å². The standard InChI is InChI=1S/C24H20FN5O2/c25-17-9-4-10-22(31)23(17)20(12-18(26)16-8-5-11-27-14-16)28-24(32)21-13-19(29-30-21)15-6-2-1-3-7-15/h1-11,13-14,20,26,31H,12H2,(H,28,32)(H,29,30). The molecule has 0 aliphatic rings. The zero-order valence-corrected chi connectivity index (χ0v) is 16.9. The van der Waals surface area contributed by atoms with E-state index in [1.165, 1.54) is 24.4 Å². The number of phenolic OH excluding ortho intramolecular Hbond substituents is 1. The van der Waals surface area contributed by atoms with E-state index in [4.69, 9.17) is 5.41 Å². The molecule has 0 radical (unpaired) electrons. The molecular formula is C24H20FN5O2. The molecule has 7 nitrogen and oxygen atoms in total. The maximum absolute atomic E-state index is 14.6. The van der Waals surface area contributed by atoms with Crippen molar-refractivity contribution in [2.75, 3.05) is 0 Å². The molecule has 0 spiro atoms. The van der Waals surface area contributed by atoms with Crippen molar-refractivity contribution in [2.24, 2.45) is 0 Å². The number of hydrogen-bond donors (Lipinski definition) is 4. The summed E-state index contributed by atoms with van der Waals surface area (Å²) in [6.45, 7) is 0. The van der Waals surface area contributed by atoms with Crippen molar-refractivity contribution in [3.63, 3.8) is 0 Å². The van der Waals surface area contributed by atoms with E-state index in [0.29, 0.717) is 11.3 Å². The van der Waals surface area contributed by atoms with Gasteiger partial charge in [0.1, 0.15) is 17.3 Å². The first-order chi connectivity index (χ1) is 15.5. The summed E-state index contributed by atoms with van der Waals surface area (Å²) in [5.41, 5.74) is 2.19. The van der Waals surface area contributed by atoms with Gasteiger partial charge < -0.3 is 15.8 Å². The fourth-order valence-corrected chi connectivity index (χ4v) is 3.39. The van der Waals surface area contributed by atoms with Gasteiger partial charge in [-0.2, -0.15) is 5.10 Å². The summed E-state index contributed by atoms with van der Waals surface area (Å²) in [5, 5.41) is 28.3. The number of carbonyl (C=O) groups excluding carboxylic acids is 1. The number of halogens is 1. The number of nitrogens with one attached hydrogen (secondary N) is 3. The largest absolute Gasteiger partial charge is 0.507 e. The van der Waals surface area contributed by atoms with E-state index < -0.39 is 17.8 Å². The van der Waals surface area contributed by atoms with Crippen LogP contribution in [0.15, 0.2) is 79.1 Å². The highest BCUT2D eigenvalue weighted by Crippen LogP contribution is 2.30. The van der Waals surface area contributed by atoms with Gasteiger partial charge in [-0.1, -0.05) is 42.5 Å². The molecule has 4 rings (SSSR count). The average molecular weight is 429 g/mol. The van der Waals surface area contributed by atoms with Gasteiger partial charge in [0.05, 0.1) is 17.3 Å². The minimum Gasteiger partial charge on any atom is -0.507 e. The zero-order chi connectivity index (χ0) is 22.5. The molecule has 160 valence electrons. The Morgan fingerprint density at radius 1 is 1.12 bits per heavy atom. The molecule has 0 saturated heterocycles. The molecule has 32 heavy (non-hydrogen) atoms. The number of aromatic hydroxyl groups is 1. The molecule has 1 atom stereocenters. The van der Waals surface area contributed by atoms with Crippen LogP contribution in [0.25, 0.3) is 11.3 Å². The maximum atomic E-state index is 14.6. The van der Waals surface area contributed by atoms with Crippen molar-refractivity contribution in [3.05, 3.63) is 102 Å². The van der Waals surface area contributed by atoms with Crippen LogP contribution in [0.4, 0.5) is 4.39 Å². The Morgan fingerprint density at radius 2 is 1.94 bits per heavy atom. The van der Waals surface area contributed by atoms with Crippen LogP contribution >= 0.6 is 0 Å². The summed E-state index contributed by atoms with van der Waals surface area (Å²) in [4.78, 5) is 16.9. The molecule has 2 aromatic carbocycles. The van der Waals surface area contributed by atoms with E-state index in [9.17, 15) is 14.3 Å². The third-order valence-corrected chi connectivity index (χ3v) is 4.99. The second kappa shape index (κ2) is 9.22. The second-order valence-electron chi connectivity index (χ2n) is 7.16. The molecule has 8 heteroatoms. The molecule has 2 heterocycles. The summed E-state index contributed by atoms with van der Waals surface area (Å²) in [5.74, 6) is -1.51. The molecule has 2 aromatic heterocycles. The average Bonchev–Trinajstić information content (AvgIpc) is 3.30. The van der Waals surface area contributed by atoms with Crippen molar-refractivity contribution in [2.45, 2.75) is 12.5 Å². The highest BCUT2D eigenvalue weighted by atomic mass is 19.1. The Labute approximate surface area is 183 Å². The number of aromatic nitrogens is 3. The van der Waals surface area contributed by atoms with Crippen LogP contribution < -0.4 is 5.32 Å². The normalized spacial score (nSPS) is 11.7. The molecule has 4 aromatic rings. The number of benzene rings is 2. The summed E-state index contributed by atoms with van der Waals surface area (Å²) in [6, 6.07) is 17.3. The molecule has 0 bridgehead atoms. The monoisotopic (exact) mass is 429 g/mol. The molecular weight excluding hydrogens is 409 g/mol. The van der Waals surface area contributed by atoms with E-state index >= 15 is 0 Å². The van der Waals surface area contributed by atoms with E-state index in [-0.39, 0.29) is 29.1 Å². The van der Waals surface area contributed by atoms with E-state index in [1.807, 2.05) is 30.3 Å². The van der Waals surface area contributed by atoms with E-state index in [2.05, 4.69) is 20.5 Å². The lowest BCUT2D eigenvalue weighted by Crippen LogP contribution is -2.31. The maximum Gasteiger partial charge on any atom is 0.269 e. The third kappa shape index (κ3) is 4.54. The summed E-state index contributed by atoms with van der Waals surface area (Å²) < 4.78 is 14.6. The van der Waals surface area contributed by atoms with Gasteiger partial charge >= 0.3 is 0 Å². The SMILES string of the molecule is N=C(CC(NC(=O)c1cc(-c2ccccc2)n[nH]1)c1c(O)cccc1F)c1cccnc1. The van der Waals surface area contributed by atoms with Crippen molar-refractivity contribution >= 4 is 11.6 Å². The van der Waals surface area contributed by atoms with Gasteiger partial charge in [0.25, 0.3) is 5.91 Å². The predicted octanol–water partition coefficient (Wildman–Crippen LogP) is 4.25. The summed E-state index contributed by atoms with van der Waals surface area (Å²) >= 11 is 0. The minimum atomic E-state index is -0.986. The smallest absolute Gasteiger partial charge is 0.269 e. The summed E-state index contributed by atoms with van der Waals surface area (Å²) in [6.07, 6.45) is 3.05. The van der Waals surface area contributed by atoms with Gasteiger partial charge in [-0.25, -0.2) is 4.39 Å².